The summed E-state index contributed by atoms with van der Waals surface area (Å²) in [7, 11) is 0. The molecule has 0 aromatic heterocycles. The molecular weight excluding hydrogens is 302 g/mol. The molecular formula is C16H15NO4S. The van der Waals surface area contributed by atoms with Gasteiger partial charge >= 0.3 is 11.9 Å². The third kappa shape index (κ3) is 4.26. The lowest BCUT2D eigenvalue weighted by molar-refractivity contribution is 0.0529. The van der Waals surface area contributed by atoms with E-state index in [1.165, 1.54) is 36.0 Å². The number of para-hydroxylation sites is 1. The predicted octanol–water partition coefficient (Wildman–Crippen LogP) is 2.92. The fourth-order valence-electron chi connectivity index (χ4n) is 1.73. The van der Waals surface area contributed by atoms with Crippen molar-refractivity contribution in [2.45, 2.75) is 4.90 Å². The molecule has 2 rings (SSSR count). The van der Waals surface area contributed by atoms with Crippen LogP contribution in [-0.2, 0) is 4.74 Å². The Morgan fingerprint density at radius 2 is 1.68 bits per heavy atom. The number of aromatic carboxylic acids is 1. The Labute approximate surface area is 132 Å². The molecule has 0 aliphatic carbocycles. The van der Waals surface area contributed by atoms with Crippen LogP contribution < -0.4 is 5.73 Å². The van der Waals surface area contributed by atoms with Crippen LogP contribution in [0, 0.1) is 0 Å². The van der Waals surface area contributed by atoms with E-state index in [9.17, 15) is 9.59 Å². The average Bonchev–Trinajstić information content (AvgIpc) is 2.53. The van der Waals surface area contributed by atoms with Crippen molar-refractivity contribution in [1.29, 1.82) is 0 Å². The second-order valence-electron chi connectivity index (χ2n) is 4.40. The zero-order valence-corrected chi connectivity index (χ0v) is 12.5. The summed E-state index contributed by atoms with van der Waals surface area (Å²) in [5.41, 5.74) is 6.97. The van der Waals surface area contributed by atoms with E-state index < -0.39 is 11.9 Å². The first-order valence-corrected chi connectivity index (χ1v) is 7.54. The van der Waals surface area contributed by atoms with Gasteiger partial charge in [-0.2, -0.15) is 0 Å². The lowest BCUT2D eigenvalue weighted by Gasteiger charge is -2.06. The van der Waals surface area contributed by atoms with E-state index >= 15 is 0 Å². The van der Waals surface area contributed by atoms with Gasteiger partial charge in [0, 0.05) is 16.3 Å². The van der Waals surface area contributed by atoms with E-state index in [2.05, 4.69) is 0 Å². The quantitative estimate of drug-likeness (QED) is 0.368. The molecule has 0 aliphatic rings. The molecule has 2 aromatic rings. The third-order valence-electron chi connectivity index (χ3n) is 2.86. The number of carboxylic acid groups (broad SMARTS) is 1. The van der Waals surface area contributed by atoms with Gasteiger partial charge in [-0.15, -0.1) is 11.8 Å². The number of hydrogen-bond donors (Lipinski definition) is 2. The van der Waals surface area contributed by atoms with Gasteiger partial charge in [-0.1, -0.05) is 12.1 Å². The highest BCUT2D eigenvalue weighted by molar-refractivity contribution is 7.99. The molecule has 2 aromatic carbocycles. The van der Waals surface area contributed by atoms with Crippen molar-refractivity contribution in [3.63, 3.8) is 0 Å². The van der Waals surface area contributed by atoms with E-state index in [1.807, 2.05) is 24.3 Å². The molecule has 0 spiro atoms. The highest BCUT2D eigenvalue weighted by Crippen LogP contribution is 2.23. The number of thioether (sulfide) groups is 1. The maximum atomic E-state index is 11.8. The molecule has 0 saturated heterocycles. The molecule has 0 saturated carbocycles. The molecule has 0 heterocycles. The molecule has 6 heteroatoms. The molecule has 0 fully saturated rings. The van der Waals surface area contributed by atoms with Crippen LogP contribution in [0.25, 0.3) is 0 Å². The van der Waals surface area contributed by atoms with E-state index in [1.54, 1.807) is 0 Å². The molecule has 114 valence electrons. The van der Waals surface area contributed by atoms with E-state index in [-0.39, 0.29) is 12.2 Å². The first kappa shape index (κ1) is 15.9. The molecule has 3 N–H and O–H groups in total. The molecule has 22 heavy (non-hydrogen) atoms. The summed E-state index contributed by atoms with van der Waals surface area (Å²) in [5.74, 6) is -0.914. The number of carbonyl (C=O) groups excluding carboxylic acids is 1. The van der Waals surface area contributed by atoms with Crippen LogP contribution in [0.4, 0.5) is 5.69 Å². The molecule has 0 radical (unpaired) electrons. The number of rotatable bonds is 6. The summed E-state index contributed by atoms with van der Waals surface area (Å²) >= 11 is 1.51. The highest BCUT2D eigenvalue weighted by Gasteiger charge is 2.09. The largest absolute Gasteiger partial charge is 0.478 e. The Kier molecular flexibility index (Phi) is 5.43. The number of nitrogen functional groups attached to an aromatic ring is 1. The number of esters is 1. The van der Waals surface area contributed by atoms with Crippen molar-refractivity contribution < 1.29 is 19.4 Å². The molecule has 0 atom stereocenters. The summed E-state index contributed by atoms with van der Waals surface area (Å²) in [4.78, 5) is 23.5. The fraction of sp³-hybridized carbons (Fsp3) is 0.125. The zero-order valence-electron chi connectivity index (χ0n) is 11.7. The van der Waals surface area contributed by atoms with Crippen molar-refractivity contribution >= 4 is 29.4 Å². The average molecular weight is 317 g/mol. The summed E-state index contributed by atoms with van der Waals surface area (Å²) in [6.45, 7) is 0.249. The number of carboxylic acids is 1. The second kappa shape index (κ2) is 7.51. The van der Waals surface area contributed by atoms with Crippen LogP contribution in [0.2, 0.25) is 0 Å². The highest BCUT2D eigenvalue weighted by atomic mass is 32.2. The first-order valence-electron chi connectivity index (χ1n) is 6.55. The van der Waals surface area contributed by atoms with E-state index in [4.69, 9.17) is 15.6 Å². The van der Waals surface area contributed by atoms with Crippen LogP contribution in [-0.4, -0.2) is 29.4 Å². The Bertz CT molecular complexity index is 670. The molecule has 0 amide bonds. The number of nitrogens with two attached hydrogens (primary N) is 1. The smallest absolute Gasteiger partial charge is 0.338 e. The molecule has 0 bridgehead atoms. The molecule has 0 unspecified atom stereocenters. The Morgan fingerprint density at radius 1 is 1.05 bits per heavy atom. The van der Waals surface area contributed by atoms with Crippen LogP contribution in [0.3, 0.4) is 0 Å². The summed E-state index contributed by atoms with van der Waals surface area (Å²) in [6, 6.07) is 13.1. The fourth-order valence-corrected chi connectivity index (χ4v) is 2.53. The van der Waals surface area contributed by atoms with Gasteiger partial charge in [0.1, 0.15) is 6.61 Å². The number of benzene rings is 2. The second-order valence-corrected chi connectivity index (χ2v) is 5.54. The topological polar surface area (TPSA) is 89.6 Å². The Balaban J connectivity index is 1.80. The van der Waals surface area contributed by atoms with Crippen LogP contribution >= 0.6 is 11.8 Å². The van der Waals surface area contributed by atoms with Crippen molar-refractivity contribution in [2.24, 2.45) is 0 Å². The minimum Gasteiger partial charge on any atom is -0.478 e. The monoisotopic (exact) mass is 317 g/mol. The number of carbonyl (C=O) groups is 2. The number of hydrogen-bond acceptors (Lipinski definition) is 5. The normalized spacial score (nSPS) is 10.2. The van der Waals surface area contributed by atoms with Crippen LogP contribution in [0.15, 0.2) is 53.4 Å². The maximum Gasteiger partial charge on any atom is 0.338 e. The van der Waals surface area contributed by atoms with Crippen molar-refractivity contribution in [2.75, 3.05) is 18.1 Å². The van der Waals surface area contributed by atoms with E-state index in [0.29, 0.717) is 17.0 Å². The summed E-state index contributed by atoms with van der Waals surface area (Å²) < 4.78 is 5.14. The summed E-state index contributed by atoms with van der Waals surface area (Å²) in [5, 5.41) is 8.79. The summed E-state index contributed by atoms with van der Waals surface area (Å²) in [6.07, 6.45) is 0. The van der Waals surface area contributed by atoms with Crippen LogP contribution in [0.5, 0.6) is 0 Å². The number of anilines is 1. The van der Waals surface area contributed by atoms with Gasteiger partial charge in [0.2, 0.25) is 0 Å². The van der Waals surface area contributed by atoms with Gasteiger partial charge < -0.3 is 15.6 Å². The van der Waals surface area contributed by atoms with Crippen LogP contribution in [0.1, 0.15) is 20.7 Å². The van der Waals surface area contributed by atoms with Crippen molar-refractivity contribution in [3.05, 3.63) is 59.7 Å². The van der Waals surface area contributed by atoms with Gasteiger partial charge in [0.05, 0.1) is 11.1 Å². The lowest BCUT2D eigenvalue weighted by Crippen LogP contribution is -2.08. The van der Waals surface area contributed by atoms with Gasteiger partial charge in [-0.3, -0.25) is 0 Å². The molecule has 0 aliphatic heterocycles. The lowest BCUT2D eigenvalue weighted by atomic mass is 10.1. The predicted molar refractivity (Wildman–Crippen MR) is 85.3 cm³/mol. The number of ether oxygens (including phenoxy) is 1. The van der Waals surface area contributed by atoms with Gasteiger partial charge in [-0.05, 0) is 36.4 Å². The SMILES string of the molecule is Nc1ccccc1SCCOC(=O)c1ccc(C(=O)O)cc1. The Morgan fingerprint density at radius 3 is 2.32 bits per heavy atom. The van der Waals surface area contributed by atoms with Crippen molar-refractivity contribution in [1.82, 2.24) is 0 Å². The Hall–Kier alpha value is -2.47. The van der Waals surface area contributed by atoms with Gasteiger partial charge in [-0.25, -0.2) is 9.59 Å². The minimum atomic E-state index is -1.03. The maximum absolute atomic E-state index is 11.8. The molecule has 5 nitrogen and oxygen atoms in total. The van der Waals surface area contributed by atoms with Gasteiger partial charge in [0.25, 0.3) is 0 Å². The van der Waals surface area contributed by atoms with E-state index in [0.717, 1.165) is 4.90 Å². The van der Waals surface area contributed by atoms with Gasteiger partial charge in [0.15, 0.2) is 0 Å². The standard InChI is InChI=1S/C16H15NO4S/c17-13-3-1-2-4-14(13)22-10-9-21-16(20)12-7-5-11(6-8-12)15(18)19/h1-8H,9-10,17H2,(H,18,19). The zero-order chi connectivity index (χ0) is 15.9. The first-order chi connectivity index (χ1) is 10.6. The minimum absolute atomic E-state index is 0.131. The third-order valence-corrected chi connectivity index (χ3v) is 3.91. The van der Waals surface area contributed by atoms with Crippen molar-refractivity contribution in [3.8, 4) is 0 Å².